The summed E-state index contributed by atoms with van der Waals surface area (Å²) in [7, 11) is 7.81. The molecule has 0 radical (unpaired) electrons. The average molecular weight is 1980 g/mol. The molecule has 3 amide bonds. The first-order valence-electron chi connectivity index (χ1n) is 42.2. The van der Waals surface area contributed by atoms with Crippen LogP contribution in [-0.4, -0.2) is 154 Å². The molecule has 0 saturated carbocycles. The second kappa shape index (κ2) is 40.6. The van der Waals surface area contributed by atoms with Gasteiger partial charge in [-0.05, 0) is 186 Å². The average Bonchev–Trinajstić information content (AvgIpc) is 1.43. The van der Waals surface area contributed by atoms with E-state index >= 15 is 0 Å². The fraction of sp³-hybridized carbons (Fsp3) is 0.250. The Morgan fingerprint density at radius 3 is 0.787 bits per heavy atom. The van der Waals surface area contributed by atoms with Crippen LogP contribution in [-0.2, 0) is 69.0 Å². The van der Waals surface area contributed by atoms with Crippen LogP contribution in [0.25, 0.3) is 83.0 Å². The molecular formula is C96H81F18N15O12. The molecule has 15 rings (SSSR count). The Labute approximate surface area is 784 Å². The topological polar surface area (TPSA) is 320 Å². The van der Waals surface area contributed by atoms with E-state index in [1.807, 2.05) is 16.0 Å². The third kappa shape index (κ3) is 21.1. The molecule has 6 aromatic carbocycles. The van der Waals surface area contributed by atoms with E-state index in [2.05, 4.69) is 30.9 Å². The van der Waals surface area contributed by atoms with Gasteiger partial charge in [-0.3, -0.25) is 28.8 Å². The molecule has 0 aliphatic heterocycles. The van der Waals surface area contributed by atoms with Crippen LogP contribution in [0.1, 0.15) is 85.6 Å². The van der Waals surface area contributed by atoms with E-state index in [1.165, 1.54) is 105 Å². The molecule has 27 nitrogen and oxygen atoms in total. The summed E-state index contributed by atoms with van der Waals surface area (Å²) in [6.07, 6.45) is -5.95. The Bertz CT molecular complexity index is 6960. The number of pyridine rings is 6. The number of carbonyl (C=O) groups excluding carboxylic acids is 6. The molecule has 0 fully saturated rings. The maximum atomic E-state index is 14.9. The Morgan fingerprint density at radius 2 is 0.574 bits per heavy atom. The number of nitrogens with zero attached hydrogens (tertiary/aromatic N) is 9. The molecule has 0 aliphatic carbocycles. The second-order valence-electron chi connectivity index (χ2n) is 32.6. The quantitative estimate of drug-likeness (QED) is 0.0186. The zero-order chi connectivity index (χ0) is 103. The van der Waals surface area contributed by atoms with Gasteiger partial charge in [0.25, 0.3) is 34.4 Å². The number of hydrogen-bond donors (Lipinski definition) is 6. The van der Waals surface area contributed by atoms with Crippen molar-refractivity contribution in [2.24, 2.45) is 21.1 Å². The third-order valence-corrected chi connectivity index (χ3v) is 23.6. The first kappa shape index (κ1) is 102. The molecule has 6 atom stereocenters. The lowest BCUT2D eigenvalue weighted by Gasteiger charge is -2.20. The minimum atomic E-state index is -4.70. The molecule has 9 aromatic heterocycles. The second-order valence-corrected chi connectivity index (χ2v) is 32.6. The Kier molecular flexibility index (Phi) is 29.5. The zero-order valence-electron chi connectivity index (χ0n) is 75.9. The number of fused-ring (bicyclic) bond motifs is 6. The van der Waals surface area contributed by atoms with Gasteiger partial charge in [0.2, 0.25) is 0 Å². The molecule has 6 N–H and O–H groups in total. The standard InChI is InChI=1S/3C32H27F6N5O4/c3*1-15-21-11-17(33)5-8-25(21)42(3)30(45)26(15)20-7-6-19(43-10-9-39-28(20)43)14-24(31(46)47-4)41-29(44)27-22(34)12-18(13-23(27)35)40-16(2)32(36,37)38/h3*5-13,16,24,40H,14H2,1-4H3,(H,41,44)/t3*16-,24+/m111/s1. The lowest BCUT2D eigenvalue weighted by Crippen LogP contribution is -2.44. The normalized spacial score (nSPS) is 13.1. The van der Waals surface area contributed by atoms with Gasteiger partial charge in [0, 0.05) is 145 Å². The predicted octanol–water partition coefficient (Wildman–Crippen LogP) is 16.4. The summed E-state index contributed by atoms with van der Waals surface area (Å²) >= 11 is 0. The zero-order valence-corrected chi connectivity index (χ0v) is 75.9. The van der Waals surface area contributed by atoms with Gasteiger partial charge in [0.1, 0.15) is 122 Å². The lowest BCUT2D eigenvalue weighted by molar-refractivity contribution is -0.143. The van der Waals surface area contributed by atoms with Gasteiger partial charge < -0.3 is 73.0 Å². The van der Waals surface area contributed by atoms with Crippen molar-refractivity contribution in [1.82, 2.24) is 57.8 Å². The number of methoxy groups -OCH3 is 3. The highest BCUT2D eigenvalue weighted by atomic mass is 19.4. The summed E-state index contributed by atoms with van der Waals surface area (Å²) in [5.41, 5.74) is 1.03. The number of aryl methyl sites for hydroxylation is 6. The molecule has 45 heteroatoms. The number of rotatable bonds is 24. The van der Waals surface area contributed by atoms with Crippen molar-refractivity contribution in [3.8, 4) is 33.4 Å². The molecule has 0 aliphatic rings. The fourth-order valence-electron chi connectivity index (χ4n) is 16.2. The van der Waals surface area contributed by atoms with Gasteiger partial charge in [-0.15, -0.1) is 0 Å². The highest BCUT2D eigenvalue weighted by Gasteiger charge is 2.41. The largest absolute Gasteiger partial charge is 0.467 e. The number of nitrogens with one attached hydrogen (secondary N) is 6. The van der Waals surface area contributed by atoms with Gasteiger partial charge >= 0.3 is 36.4 Å². The molecule has 0 saturated heterocycles. The van der Waals surface area contributed by atoms with Gasteiger partial charge in [-0.1, -0.05) is 0 Å². The van der Waals surface area contributed by atoms with Gasteiger partial charge in [0.15, 0.2) is 0 Å². The van der Waals surface area contributed by atoms with E-state index in [1.54, 1.807) is 91.5 Å². The van der Waals surface area contributed by atoms with Gasteiger partial charge in [0.05, 0.1) is 54.6 Å². The smallest absolute Gasteiger partial charge is 0.408 e. The molecule has 9 heterocycles. The minimum Gasteiger partial charge on any atom is -0.467 e. The lowest BCUT2D eigenvalue weighted by atomic mass is 9.98. The van der Waals surface area contributed by atoms with Crippen LogP contribution in [0, 0.1) is 73.1 Å². The van der Waals surface area contributed by atoms with Crippen molar-refractivity contribution in [3.63, 3.8) is 0 Å². The predicted molar refractivity (Wildman–Crippen MR) is 482 cm³/mol. The van der Waals surface area contributed by atoms with E-state index in [-0.39, 0.29) is 52.6 Å². The molecule has 141 heavy (non-hydrogen) atoms. The third-order valence-electron chi connectivity index (χ3n) is 23.6. The number of halogens is 18. The number of ether oxygens (including phenoxy) is 3. The minimum absolute atomic E-state index is 0.264. The van der Waals surface area contributed by atoms with Crippen molar-refractivity contribution in [1.29, 1.82) is 0 Å². The summed E-state index contributed by atoms with van der Waals surface area (Å²) in [6, 6.07) is 14.1. The summed E-state index contributed by atoms with van der Waals surface area (Å²) in [4.78, 5) is 131. The Morgan fingerprint density at radius 1 is 0.348 bits per heavy atom. The van der Waals surface area contributed by atoms with Gasteiger partial charge in [-0.25, -0.2) is 68.8 Å². The summed E-state index contributed by atoms with van der Waals surface area (Å²) in [6.45, 7) is 7.33. The van der Waals surface area contributed by atoms with E-state index < -0.39 is 177 Å². The van der Waals surface area contributed by atoms with E-state index in [4.69, 9.17) is 14.2 Å². The highest BCUT2D eigenvalue weighted by Crippen LogP contribution is 2.38. The summed E-state index contributed by atoms with van der Waals surface area (Å²) in [5.74, 6) is -17.2. The van der Waals surface area contributed by atoms with Crippen LogP contribution in [0.3, 0.4) is 0 Å². The fourth-order valence-corrected chi connectivity index (χ4v) is 16.2. The van der Waals surface area contributed by atoms with Gasteiger partial charge in [-0.2, -0.15) is 39.5 Å². The van der Waals surface area contributed by atoms with Crippen molar-refractivity contribution in [2.45, 2.75) is 116 Å². The van der Waals surface area contributed by atoms with E-state index in [0.717, 1.165) is 42.1 Å². The number of imidazole rings is 3. The van der Waals surface area contributed by atoms with E-state index in [0.29, 0.717) is 137 Å². The summed E-state index contributed by atoms with van der Waals surface area (Å²) in [5, 5.41) is 14.0. The van der Waals surface area contributed by atoms with Crippen LogP contribution >= 0.6 is 0 Å². The number of benzene rings is 6. The maximum Gasteiger partial charge on any atom is 0.408 e. The molecule has 0 spiro atoms. The molecule has 0 bridgehead atoms. The number of aromatic nitrogens is 9. The van der Waals surface area contributed by atoms with Crippen molar-refractivity contribution in [3.05, 3.63) is 298 Å². The van der Waals surface area contributed by atoms with Crippen LogP contribution in [0.5, 0.6) is 0 Å². The van der Waals surface area contributed by atoms with Crippen molar-refractivity contribution >= 4 is 102 Å². The SMILES string of the molecule is COC(=O)[C@H](Cc1ccc(-c2c(C)c3cc(F)ccc3n(C)c2=O)c2nccn12)NC(=O)c1c(F)cc(N[C@H](C)C(F)(F)F)cc1F.COC(=O)[C@H](Cc1ccc(-c2c(C)c3cc(F)ccc3n(C)c2=O)c2nccn12)NC(=O)c1c(F)cc(N[C@H](C)C(F)(F)F)cc1F.COC(=O)[C@H](Cc1ccc(-c2c(C)c3cc(F)ccc3n(C)c2=O)c2nccn12)NC(=O)c1c(F)cc(N[C@H](C)C(F)(F)F)cc1F. The van der Waals surface area contributed by atoms with Crippen molar-refractivity contribution < 1.29 is 122 Å². The molecule has 15 aromatic rings. The number of hydrogen-bond acceptors (Lipinski definition) is 18. The molecule has 0 unspecified atom stereocenters. The van der Waals surface area contributed by atoms with Crippen LogP contribution in [0.2, 0.25) is 0 Å². The first-order chi connectivity index (χ1) is 66.3. The first-order valence-corrected chi connectivity index (χ1v) is 42.2. The number of esters is 3. The monoisotopic (exact) mass is 1980 g/mol. The number of amides is 3. The maximum absolute atomic E-state index is 14.9. The van der Waals surface area contributed by atoms with Crippen molar-refractivity contribution in [2.75, 3.05) is 37.3 Å². The highest BCUT2D eigenvalue weighted by molar-refractivity contribution is 6.01. The molecular weight excluding hydrogens is 1900 g/mol. The van der Waals surface area contributed by atoms with Crippen LogP contribution < -0.4 is 48.6 Å². The van der Waals surface area contributed by atoms with Crippen LogP contribution in [0.15, 0.2) is 179 Å². The Hall–Kier alpha value is -16.0. The number of anilines is 3. The van der Waals surface area contributed by atoms with E-state index in [9.17, 15) is 122 Å². The summed E-state index contributed by atoms with van der Waals surface area (Å²) < 4.78 is 271. The van der Waals surface area contributed by atoms with Crippen LogP contribution in [0.4, 0.5) is 96.1 Å². The number of alkyl halides is 9. The Balaban J connectivity index is 0.000000178. The molecule has 738 valence electrons. The number of carbonyl (C=O) groups is 6.